The third kappa shape index (κ3) is 2.83. The molecule has 122 valence electrons. The second-order valence-electron chi connectivity index (χ2n) is 6.90. The fraction of sp³-hybridized carbons (Fsp3) is 0.200. The molecule has 0 aliphatic heterocycles. The molecule has 0 bridgehead atoms. The maximum absolute atomic E-state index is 12.6. The first kappa shape index (κ1) is 16.0. The van der Waals surface area contributed by atoms with Gasteiger partial charge in [0.25, 0.3) is 0 Å². The van der Waals surface area contributed by atoms with Crippen molar-refractivity contribution in [2.24, 2.45) is 0 Å². The molecule has 0 saturated carbocycles. The molecule has 1 aliphatic rings. The number of ketones is 2. The van der Waals surface area contributed by atoms with Crippen molar-refractivity contribution in [1.82, 2.24) is 0 Å². The number of aromatic hydroxyl groups is 1. The molecule has 4 heteroatoms. The summed E-state index contributed by atoms with van der Waals surface area (Å²) < 4.78 is 0. The zero-order valence-electron chi connectivity index (χ0n) is 13.9. The second kappa shape index (κ2) is 5.64. The average molecular weight is 321 g/mol. The van der Waals surface area contributed by atoms with E-state index in [-0.39, 0.29) is 28.4 Å². The van der Waals surface area contributed by atoms with Gasteiger partial charge in [-0.05, 0) is 23.1 Å². The summed E-state index contributed by atoms with van der Waals surface area (Å²) in [5.41, 5.74) is 2.27. The predicted molar refractivity (Wildman–Crippen MR) is 93.6 cm³/mol. The summed E-state index contributed by atoms with van der Waals surface area (Å²) in [7, 11) is 0. The number of rotatable bonds is 2. The van der Waals surface area contributed by atoms with Gasteiger partial charge in [0.05, 0.1) is 11.4 Å². The minimum absolute atomic E-state index is 0.0306. The highest BCUT2D eigenvalue weighted by Crippen LogP contribution is 2.32. The lowest BCUT2D eigenvalue weighted by Gasteiger charge is -2.22. The van der Waals surface area contributed by atoms with Crippen LogP contribution in [0.2, 0.25) is 0 Å². The number of nitrogens with one attached hydrogen (secondary N) is 1. The number of anilines is 1. The molecule has 0 saturated heterocycles. The fourth-order valence-corrected chi connectivity index (χ4v) is 2.66. The highest BCUT2D eigenvalue weighted by atomic mass is 16.3. The first-order valence-electron chi connectivity index (χ1n) is 7.77. The molecular weight excluding hydrogens is 302 g/mol. The lowest BCUT2D eigenvalue weighted by Crippen LogP contribution is -2.21. The van der Waals surface area contributed by atoms with Gasteiger partial charge < -0.3 is 10.4 Å². The number of carbonyl (C=O) groups excluding carboxylic acids is 2. The summed E-state index contributed by atoms with van der Waals surface area (Å²) in [4.78, 5) is 24.8. The van der Waals surface area contributed by atoms with Gasteiger partial charge in [-0.3, -0.25) is 9.59 Å². The lowest BCUT2D eigenvalue weighted by atomic mass is 9.86. The van der Waals surface area contributed by atoms with E-state index in [4.69, 9.17) is 0 Å². The van der Waals surface area contributed by atoms with Crippen molar-refractivity contribution in [2.45, 2.75) is 26.2 Å². The van der Waals surface area contributed by atoms with E-state index in [1.54, 1.807) is 36.4 Å². The maximum Gasteiger partial charge on any atom is 0.210 e. The zero-order chi connectivity index (χ0) is 17.5. The Bertz CT molecular complexity index is 873. The van der Waals surface area contributed by atoms with Crippen molar-refractivity contribution in [1.29, 1.82) is 0 Å². The van der Waals surface area contributed by atoms with Crippen molar-refractivity contribution in [2.75, 3.05) is 5.32 Å². The Morgan fingerprint density at radius 1 is 0.958 bits per heavy atom. The Labute approximate surface area is 140 Å². The van der Waals surface area contributed by atoms with Crippen molar-refractivity contribution >= 4 is 17.3 Å². The summed E-state index contributed by atoms with van der Waals surface area (Å²) in [6.45, 7) is 6.19. The van der Waals surface area contributed by atoms with Gasteiger partial charge in [-0.25, -0.2) is 0 Å². The highest BCUT2D eigenvalue weighted by molar-refractivity contribution is 6.25. The third-order valence-corrected chi connectivity index (χ3v) is 4.09. The molecule has 2 N–H and O–H groups in total. The van der Waals surface area contributed by atoms with Crippen LogP contribution in [0, 0.1) is 0 Å². The summed E-state index contributed by atoms with van der Waals surface area (Å²) >= 11 is 0. The van der Waals surface area contributed by atoms with Crippen LogP contribution in [0.1, 0.15) is 47.1 Å². The minimum Gasteiger partial charge on any atom is -0.506 e. The normalized spacial score (nSPS) is 14.2. The molecule has 24 heavy (non-hydrogen) atoms. The number of Topliss-reactive ketones (excluding diaryl/α,β-unsaturated/α-hetero) is 1. The first-order valence-corrected chi connectivity index (χ1v) is 7.77. The number of fused-ring (bicyclic) bond motifs is 1. The predicted octanol–water partition coefficient (Wildman–Crippen LogP) is 4.06. The van der Waals surface area contributed by atoms with Gasteiger partial charge >= 0.3 is 0 Å². The standard InChI is InChI=1S/C20H19NO3/c1-20(2,3)12-8-9-17(22)15(10-12)21-16-11-18(23)13-6-4-5-7-14(13)19(16)24/h4-11,21-22H,1-3H3. The zero-order valence-corrected chi connectivity index (χ0v) is 13.9. The summed E-state index contributed by atoms with van der Waals surface area (Å²) in [5, 5.41) is 13.0. The van der Waals surface area contributed by atoms with Gasteiger partial charge in [-0.2, -0.15) is 0 Å². The molecule has 0 unspecified atom stereocenters. The van der Waals surface area contributed by atoms with Crippen LogP contribution in [0.3, 0.4) is 0 Å². The number of phenolic OH excluding ortho intramolecular Hbond substituents is 1. The van der Waals surface area contributed by atoms with Gasteiger partial charge in [0.1, 0.15) is 5.75 Å². The van der Waals surface area contributed by atoms with Crippen LogP contribution in [-0.4, -0.2) is 16.7 Å². The van der Waals surface area contributed by atoms with E-state index < -0.39 is 0 Å². The molecule has 0 fully saturated rings. The van der Waals surface area contributed by atoms with Crippen LogP contribution in [0.5, 0.6) is 5.75 Å². The van der Waals surface area contributed by atoms with Gasteiger partial charge in [0.15, 0.2) is 5.78 Å². The lowest BCUT2D eigenvalue weighted by molar-refractivity contribution is 0.0985. The van der Waals surface area contributed by atoms with Crippen LogP contribution in [0.25, 0.3) is 0 Å². The first-order chi connectivity index (χ1) is 11.3. The maximum atomic E-state index is 12.6. The molecule has 3 rings (SSSR count). The molecule has 0 amide bonds. The number of hydrogen-bond acceptors (Lipinski definition) is 4. The van der Waals surface area contributed by atoms with E-state index in [0.29, 0.717) is 16.8 Å². The van der Waals surface area contributed by atoms with Crippen LogP contribution in [0.15, 0.2) is 54.2 Å². The van der Waals surface area contributed by atoms with Crippen LogP contribution in [0.4, 0.5) is 5.69 Å². The number of phenols is 1. The Morgan fingerprint density at radius 2 is 1.62 bits per heavy atom. The SMILES string of the molecule is CC(C)(C)c1ccc(O)c(NC2=CC(=O)c3ccccc3C2=O)c1. The molecule has 2 aromatic rings. The van der Waals surface area contributed by atoms with Gasteiger partial charge in [-0.1, -0.05) is 51.1 Å². The van der Waals surface area contributed by atoms with E-state index in [9.17, 15) is 14.7 Å². The van der Waals surface area contributed by atoms with Crippen LogP contribution >= 0.6 is 0 Å². The van der Waals surface area contributed by atoms with Crippen molar-refractivity contribution < 1.29 is 14.7 Å². The molecule has 0 aromatic heterocycles. The Kier molecular flexibility index (Phi) is 3.76. The van der Waals surface area contributed by atoms with E-state index in [2.05, 4.69) is 26.1 Å². The van der Waals surface area contributed by atoms with Crippen LogP contribution < -0.4 is 5.32 Å². The number of carbonyl (C=O) groups is 2. The average Bonchev–Trinajstić information content (AvgIpc) is 2.53. The van der Waals surface area contributed by atoms with E-state index >= 15 is 0 Å². The molecule has 1 aliphatic carbocycles. The molecule has 0 atom stereocenters. The van der Waals surface area contributed by atoms with Gasteiger partial charge in [0.2, 0.25) is 5.78 Å². The minimum atomic E-state index is -0.259. The Morgan fingerprint density at radius 3 is 2.29 bits per heavy atom. The number of hydrogen-bond donors (Lipinski definition) is 2. The van der Waals surface area contributed by atoms with E-state index in [1.165, 1.54) is 6.08 Å². The Hall–Kier alpha value is -2.88. The summed E-state index contributed by atoms with van der Waals surface area (Å²) in [5.74, 6) is -0.451. The fourth-order valence-electron chi connectivity index (χ4n) is 2.66. The number of allylic oxidation sites excluding steroid dienone is 2. The second-order valence-corrected chi connectivity index (χ2v) is 6.90. The third-order valence-electron chi connectivity index (χ3n) is 4.09. The molecule has 2 aromatic carbocycles. The molecule has 0 spiro atoms. The topological polar surface area (TPSA) is 66.4 Å². The van der Waals surface area contributed by atoms with E-state index in [0.717, 1.165) is 5.56 Å². The largest absolute Gasteiger partial charge is 0.506 e. The molecule has 0 radical (unpaired) electrons. The summed E-state index contributed by atoms with van der Waals surface area (Å²) in [6.07, 6.45) is 1.29. The molecule has 0 heterocycles. The quantitative estimate of drug-likeness (QED) is 0.819. The van der Waals surface area contributed by atoms with Gasteiger partial charge in [-0.15, -0.1) is 0 Å². The van der Waals surface area contributed by atoms with Gasteiger partial charge in [0, 0.05) is 17.2 Å². The summed E-state index contributed by atoms with van der Waals surface area (Å²) in [6, 6.07) is 12.0. The van der Waals surface area contributed by atoms with E-state index in [1.807, 2.05) is 6.07 Å². The highest BCUT2D eigenvalue weighted by Gasteiger charge is 2.26. The smallest absolute Gasteiger partial charge is 0.210 e. The molecular formula is C20H19NO3. The molecule has 4 nitrogen and oxygen atoms in total. The monoisotopic (exact) mass is 321 g/mol. The van der Waals surface area contributed by atoms with Crippen molar-refractivity contribution in [3.63, 3.8) is 0 Å². The Balaban J connectivity index is 1.98. The van der Waals surface area contributed by atoms with Crippen molar-refractivity contribution in [3.8, 4) is 5.75 Å². The number of benzene rings is 2. The van der Waals surface area contributed by atoms with Crippen molar-refractivity contribution in [3.05, 3.63) is 70.9 Å². The van der Waals surface area contributed by atoms with Crippen LogP contribution in [-0.2, 0) is 5.41 Å².